The monoisotopic (exact) mass is 201 g/mol. The number of amides is 1. The molecule has 0 aliphatic heterocycles. The van der Waals surface area contributed by atoms with Crippen molar-refractivity contribution in [3.8, 4) is 0 Å². The molecule has 0 rings (SSSR count). The third-order valence-electron chi connectivity index (χ3n) is 0.739. The molecule has 0 aromatic carbocycles. The van der Waals surface area contributed by atoms with Crippen LogP contribution in [-0.4, -0.2) is 23.2 Å². The number of primary amides is 1. The highest BCUT2D eigenvalue weighted by atomic mass is 19.4. The van der Waals surface area contributed by atoms with Crippen LogP contribution >= 0.6 is 0 Å². The maximum atomic E-state index is 10.6. The van der Waals surface area contributed by atoms with E-state index in [1.807, 2.05) is 6.92 Å². The van der Waals surface area contributed by atoms with E-state index in [1.165, 1.54) is 0 Å². The first-order chi connectivity index (χ1) is 5.71. The molecule has 0 unspecified atom stereocenters. The highest BCUT2D eigenvalue weighted by Gasteiger charge is 2.38. The van der Waals surface area contributed by atoms with Crippen LogP contribution in [0.1, 0.15) is 19.8 Å². The molecule has 0 saturated carbocycles. The van der Waals surface area contributed by atoms with Crippen LogP contribution < -0.4 is 5.73 Å². The van der Waals surface area contributed by atoms with Crippen LogP contribution in [0.25, 0.3) is 0 Å². The van der Waals surface area contributed by atoms with Crippen molar-refractivity contribution in [2.24, 2.45) is 5.73 Å². The third kappa shape index (κ3) is 13.7. The van der Waals surface area contributed by atoms with E-state index < -0.39 is 12.1 Å². The fraction of sp³-hybridized carbons (Fsp3) is 0.667. The lowest BCUT2D eigenvalue weighted by Crippen LogP contribution is -2.21. The zero-order valence-electron chi connectivity index (χ0n) is 6.89. The van der Waals surface area contributed by atoms with Gasteiger partial charge in [-0.2, -0.15) is 13.2 Å². The maximum absolute atomic E-state index is 10.6. The quantitative estimate of drug-likeness (QED) is 0.696. The number of hydrogen-bond donors (Lipinski definition) is 2. The second kappa shape index (κ2) is 6.27. The molecule has 0 atom stereocenters. The SMILES string of the molecule is CCCC(N)=O.O=C(O)C(F)(F)F. The summed E-state index contributed by atoms with van der Waals surface area (Å²) in [4.78, 5) is 18.7. The Balaban J connectivity index is 0. The van der Waals surface area contributed by atoms with Crippen LogP contribution in [0.3, 0.4) is 0 Å². The van der Waals surface area contributed by atoms with Gasteiger partial charge in [-0.15, -0.1) is 0 Å². The molecule has 4 nitrogen and oxygen atoms in total. The van der Waals surface area contributed by atoms with Gasteiger partial charge in [0.2, 0.25) is 5.91 Å². The number of alkyl halides is 3. The van der Waals surface area contributed by atoms with Gasteiger partial charge in [0.1, 0.15) is 0 Å². The number of carbonyl (C=O) groups is 2. The molecule has 0 saturated heterocycles. The first kappa shape index (κ1) is 14.3. The lowest BCUT2D eigenvalue weighted by Gasteiger charge is -1.93. The van der Waals surface area contributed by atoms with E-state index in [1.54, 1.807) is 0 Å². The highest BCUT2D eigenvalue weighted by molar-refractivity contribution is 5.73. The van der Waals surface area contributed by atoms with Gasteiger partial charge in [-0.25, -0.2) is 4.79 Å². The molecule has 0 aliphatic carbocycles. The molecular formula is C6H10F3NO3. The van der Waals surface area contributed by atoms with Crippen LogP contribution in [0.4, 0.5) is 13.2 Å². The summed E-state index contributed by atoms with van der Waals surface area (Å²) in [5, 5.41) is 7.12. The van der Waals surface area contributed by atoms with Crippen LogP contribution in [0.2, 0.25) is 0 Å². The Morgan fingerprint density at radius 2 is 1.69 bits per heavy atom. The van der Waals surface area contributed by atoms with Gasteiger partial charge in [-0.3, -0.25) is 4.79 Å². The van der Waals surface area contributed by atoms with E-state index in [4.69, 9.17) is 15.6 Å². The number of aliphatic carboxylic acids is 1. The average molecular weight is 201 g/mol. The van der Waals surface area contributed by atoms with Crippen LogP contribution in [0, 0.1) is 0 Å². The van der Waals surface area contributed by atoms with Gasteiger partial charge in [-0.05, 0) is 6.42 Å². The van der Waals surface area contributed by atoms with E-state index in [9.17, 15) is 18.0 Å². The number of carboxylic acid groups (broad SMARTS) is 1. The van der Waals surface area contributed by atoms with Gasteiger partial charge >= 0.3 is 12.1 Å². The number of rotatable bonds is 2. The van der Waals surface area contributed by atoms with E-state index in [0.717, 1.165) is 6.42 Å². The Labute approximate surface area is 72.5 Å². The predicted octanol–water partition coefficient (Wildman–Crippen LogP) is 0.905. The zero-order valence-corrected chi connectivity index (χ0v) is 6.89. The van der Waals surface area contributed by atoms with Crippen molar-refractivity contribution in [2.75, 3.05) is 0 Å². The summed E-state index contributed by atoms with van der Waals surface area (Å²) >= 11 is 0. The second-order valence-electron chi connectivity index (χ2n) is 2.02. The van der Waals surface area contributed by atoms with Gasteiger partial charge in [0.05, 0.1) is 0 Å². The van der Waals surface area contributed by atoms with E-state index >= 15 is 0 Å². The molecule has 7 heteroatoms. The molecule has 0 heterocycles. The van der Waals surface area contributed by atoms with E-state index in [2.05, 4.69) is 0 Å². The van der Waals surface area contributed by atoms with Crippen molar-refractivity contribution >= 4 is 11.9 Å². The molecule has 0 aromatic rings. The van der Waals surface area contributed by atoms with Gasteiger partial charge in [0.25, 0.3) is 0 Å². The van der Waals surface area contributed by atoms with Crippen LogP contribution in [0.5, 0.6) is 0 Å². The molecule has 3 N–H and O–H groups in total. The topological polar surface area (TPSA) is 80.4 Å². The molecule has 0 fully saturated rings. The normalized spacial score (nSPS) is 9.85. The molecule has 0 aromatic heterocycles. The fourth-order valence-corrected chi connectivity index (χ4v) is 0.246. The van der Waals surface area contributed by atoms with Crippen molar-refractivity contribution < 1.29 is 27.9 Å². The van der Waals surface area contributed by atoms with Crippen molar-refractivity contribution in [1.82, 2.24) is 0 Å². The summed E-state index contributed by atoms with van der Waals surface area (Å²) in [7, 11) is 0. The Bertz CT molecular complexity index is 178. The molecule has 78 valence electrons. The first-order valence-electron chi connectivity index (χ1n) is 3.30. The smallest absolute Gasteiger partial charge is 0.475 e. The van der Waals surface area contributed by atoms with Gasteiger partial charge in [-0.1, -0.05) is 6.92 Å². The number of halogens is 3. The number of nitrogens with two attached hydrogens (primary N) is 1. The summed E-state index contributed by atoms with van der Waals surface area (Å²) in [6.07, 6.45) is -3.71. The third-order valence-corrected chi connectivity index (χ3v) is 0.739. The standard InChI is InChI=1S/C4H9NO.C2HF3O2/c1-2-3-4(5)6;3-2(4,5)1(6)7/h2-3H2,1H3,(H2,5,6);(H,6,7). The molecule has 0 aliphatic rings. The van der Waals surface area contributed by atoms with Crippen LogP contribution in [0.15, 0.2) is 0 Å². The molecule has 13 heavy (non-hydrogen) atoms. The Morgan fingerprint density at radius 3 is 1.69 bits per heavy atom. The lowest BCUT2D eigenvalue weighted by molar-refractivity contribution is -0.192. The summed E-state index contributed by atoms with van der Waals surface area (Å²) in [6.45, 7) is 1.92. The van der Waals surface area contributed by atoms with Crippen molar-refractivity contribution in [1.29, 1.82) is 0 Å². The minimum atomic E-state index is -5.08. The summed E-state index contributed by atoms with van der Waals surface area (Å²) in [5.74, 6) is -2.97. The molecule has 1 amide bonds. The zero-order chi connectivity index (χ0) is 11.1. The second-order valence-corrected chi connectivity index (χ2v) is 2.02. The predicted molar refractivity (Wildman–Crippen MR) is 37.8 cm³/mol. The average Bonchev–Trinajstić information content (AvgIpc) is 1.85. The van der Waals surface area contributed by atoms with E-state index in [0.29, 0.717) is 6.42 Å². The Morgan fingerprint density at radius 1 is 1.38 bits per heavy atom. The number of carbonyl (C=O) groups excluding carboxylic acids is 1. The molecule has 0 bridgehead atoms. The fourth-order valence-electron chi connectivity index (χ4n) is 0.246. The van der Waals surface area contributed by atoms with Gasteiger partial charge in [0, 0.05) is 6.42 Å². The lowest BCUT2D eigenvalue weighted by atomic mass is 10.3. The molecule has 0 radical (unpaired) electrons. The van der Waals surface area contributed by atoms with Gasteiger partial charge in [0.15, 0.2) is 0 Å². The van der Waals surface area contributed by atoms with E-state index in [-0.39, 0.29) is 5.91 Å². The molecular weight excluding hydrogens is 191 g/mol. The summed E-state index contributed by atoms with van der Waals surface area (Å²) in [6, 6.07) is 0. The Kier molecular flexibility index (Phi) is 6.88. The summed E-state index contributed by atoms with van der Waals surface area (Å²) < 4.78 is 31.7. The first-order valence-corrected chi connectivity index (χ1v) is 3.30. The molecule has 0 spiro atoms. The largest absolute Gasteiger partial charge is 0.490 e. The van der Waals surface area contributed by atoms with Gasteiger partial charge < -0.3 is 10.8 Å². The maximum Gasteiger partial charge on any atom is 0.490 e. The number of carboxylic acids is 1. The number of hydrogen-bond acceptors (Lipinski definition) is 2. The Hall–Kier alpha value is -1.27. The highest BCUT2D eigenvalue weighted by Crippen LogP contribution is 2.13. The van der Waals surface area contributed by atoms with Crippen LogP contribution in [-0.2, 0) is 9.59 Å². The van der Waals surface area contributed by atoms with Crippen molar-refractivity contribution in [3.05, 3.63) is 0 Å². The summed E-state index contributed by atoms with van der Waals surface area (Å²) in [5.41, 5.74) is 4.76. The minimum absolute atomic E-state index is 0.211. The minimum Gasteiger partial charge on any atom is -0.475 e. The van der Waals surface area contributed by atoms with Crippen molar-refractivity contribution in [2.45, 2.75) is 25.9 Å². The van der Waals surface area contributed by atoms with Crippen molar-refractivity contribution in [3.63, 3.8) is 0 Å².